The molecule has 3 rings (SSSR count). The van der Waals surface area contributed by atoms with Crippen molar-refractivity contribution in [3.05, 3.63) is 46.7 Å². The Labute approximate surface area is 182 Å². The summed E-state index contributed by atoms with van der Waals surface area (Å²) in [5, 5.41) is 20.3. The predicted octanol–water partition coefficient (Wildman–Crippen LogP) is 1.56. The minimum absolute atomic E-state index is 0.0530. The molecule has 7 nitrogen and oxygen atoms in total. The number of aliphatic hydroxyl groups is 2. The highest BCUT2D eigenvalue weighted by atomic mass is 16.3. The average molecular weight is 428 g/mol. The van der Waals surface area contributed by atoms with Crippen LogP contribution in [0.1, 0.15) is 73.6 Å². The molecule has 1 aromatic carbocycles. The lowest BCUT2D eigenvalue weighted by molar-refractivity contribution is -0.508. The summed E-state index contributed by atoms with van der Waals surface area (Å²) >= 11 is 0. The molecule has 31 heavy (non-hydrogen) atoms. The first-order valence-electron chi connectivity index (χ1n) is 10.8. The maximum Gasteiger partial charge on any atom is 0.261 e. The van der Waals surface area contributed by atoms with Crippen LogP contribution in [0.15, 0.2) is 35.6 Å². The number of nitrogens with one attached hydrogen (secondary N) is 1. The summed E-state index contributed by atoms with van der Waals surface area (Å²) < 4.78 is 0. The second kappa shape index (κ2) is 9.14. The molecule has 0 fully saturated rings. The fourth-order valence-corrected chi connectivity index (χ4v) is 4.28. The van der Waals surface area contributed by atoms with Crippen LogP contribution in [0.3, 0.4) is 0 Å². The lowest BCUT2D eigenvalue weighted by Gasteiger charge is -2.29. The third-order valence-electron chi connectivity index (χ3n) is 5.93. The molecule has 0 aromatic heterocycles. The Hall–Kier alpha value is -2.80. The minimum Gasteiger partial charge on any atom is -0.511 e. The van der Waals surface area contributed by atoms with Gasteiger partial charge in [-0.3, -0.25) is 19.3 Å². The maximum absolute atomic E-state index is 12.8. The van der Waals surface area contributed by atoms with E-state index in [0.717, 1.165) is 0 Å². The molecule has 0 saturated carbocycles. The minimum atomic E-state index is -0.311. The van der Waals surface area contributed by atoms with Crippen LogP contribution in [0.2, 0.25) is 0 Å². The fraction of sp³-hybridized carbons (Fsp3) is 0.500. The van der Waals surface area contributed by atoms with Gasteiger partial charge >= 0.3 is 0 Å². The summed E-state index contributed by atoms with van der Waals surface area (Å²) in [6.07, 6.45) is 2.17. The van der Waals surface area contributed by atoms with Gasteiger partial charge < -0.3 is 10.2 Å². The first kappa shape index (κ1) is 22.9. The van der Waals surface area contributed by atoms with Gasteiger partial charge in [-0.15, -0.1) is 0 Å². The molecule has 3 N–H and O–H groups in total. The highest BCUT2D eigenvalue weighted by Crippen LogP contribution is 2.36. The lowest BCUT2D eigenvalue weighted by atomic mass is 9.75. The second-order valence-corrected chi connectivity index (χ2v) is 9.08. The van der Waals surface area contributed by atoms with Crippen LogP contribution in [0.4, 0.5) is 0 Å². The number of benzene rings is 1. The van der Waals surface area contributed by atoms with Crippen LogP contribution < -0.4 is 4.99 Å². The van der Waals surface area contributed by atoms with Crippen molar-refractivity contribution < 1.29 is 29.6 Å². The maximum atomic E-state index is 12.8. The van der Waals surface area contributed by atoms with Gasteiger partial charge in [-0.2, -0.15) is 0 Å². The van der Waals surface area contributed by atoms with Gasteiger partial charge in [0, 0.05) is 32.2 Å². The summed E-state index contributed by atoms with van der Waals surface area (Å²) in [6.45, 7) is 5.91. The Balaban J connectivity index is 1.79. The van der Waals surface area contributed by atoms with Gasteiger partial charge in [0.1, 0.15) is 17.9 Å². The molecule has 1 aliphatic carbocycles. The number of amides is 2. The Kier molecular flexibility index (Phi) is 6.74. The monoisotopic (exact) mass is 427 g/mol. The Morgan fingerprint density at radius 1 is 1.13 bits per heavy atom. The number of hydrogen-bond donors (Lipinski definition) is 3. The summed E-state index contributed by atoms with van der Waals surface area (Å²) in [4.78, 5) is 42.4. The van der Waals surface area contributed by atoms with Crippen LogP contribution in [0.5, 0.6) is 0 Å². The van der Waals surface area contributed by atoms with Crippen LogP contribution in [-0.2, 0) is 4.79 Å². The van der Waals surface area contributed by atoms with Crippen molar-refractivity contribution in [1.29, 1.82) is 0 Å². The van der Waals surface area contributed by atoms with E-state index in [9.17, 15) is 24.6 Å². The molecule has 1 aromatic rings. The normalized spacial score (nSPS) is 19.8. The van der Waals surface area contributed by atoms with E-state index in [1.807, 2.05) is 20.8 Å². The third kappa shape index (κ3) is 4.77. The fourth-order valence-electron chi connectivity index (χ4n) is 4.28. The lowest BCUT2D eigenvalue weighted by Crippen LogP contribution is -2.81. The zero-order valence-corrected chi connectivity index (χ0v) is 18.4. The number of ketones is 1. The molecule has 0 spiro atoms. The van der Waals surface area contributed by atoms with Gasteiger partial charge in [0.25, 0.3) is 11.8 Å². The van der Waals surface area contributed by atoms with Crippen molar-refractivity contribution in [2.45, 2.75) is 58.9 Å². The molecular weight excluding hydrogens is 396 g/mol. The van der Waals surface area contributed by atoms with E-state index in [-0.39, 0.29) is 53.5 Å². The first-order valence-corrected chi connectivity index (χ1v) is 10.8. The number of Topliss-reactive ketones (excluding diaryl/α,β-unsaturated/α-hetero) is 1. The summed E-state index contributed by atoms with van der Waals surface area (Å²) in [5.74, 6) is -0.703. The number of rotatable bonds is 8. The Morgan fingerprint density at radius 2 is 1.74 bits per heavy atom. The molecule has 166 valence electrons. The van der Waals surface area contributed by atoms with Crippen molar-refractivity contribution in [1.82, 2.24) is 4.90 Å². The molecule has 0 saturated heterocycles. The molecule has 2 aliphatic rings. The number of nitrogens with zero attached hydrogens (tertiary/aromatic N) is 1. The van der Waals surface area contributed by atoms with E-state index in [1.54, 1.807) is 24.3 Å². The molecule has 7 heteroatoms. The van der Waals surface area contributed by atoms with Crippen molar-refractivity contribution in [2.75, 3.05) is 13.2 Å². The predicted molar refractivity (Wildman–Crippen MR) is 116 cm³/mol. The number of carbonyl (C=O) groups is 3. The summed E-state index contributed by atoms with van der Waals surface area (Å²) in [5.41, 5.74) is 1.36. The SMILES string of the molecule is CC[C@@H](CO)[NH+]=C(CCCN1C(=O)c2ccccc2C1=O)C1=C(O)CC(C)(C)CC1=O. The molecule has 1 atom stereocenters. The van der Waals surface area contributed by atoms with Crippen LogP contribution in [0.25, 0.3) is 0 Å². The highest BCUT2D eigenvalue weighted by Gasteiger charge is 2.38. The van der Waals surface area contributed by atoms with E-state index in [1.165, 1.54) is 4.90 Å². The number of carbonyl (C=O) groups excluding carboxylic acids is 3. The quantitative estimate of drug-likeness (QED) is 0.431. The smallest absolute Gasteiger partial charge is 0.261 e. The average Bonchev–Trinajstić information content (AvgIpc) is 2.95. The number of fused-ring (bicyclic) bond motifs is 1. The molecule has 1 aliphatic heterocycles. The Bertz CT molecular complexity index is 921. The molecular formula is C24H31N2O5+. The number of imide groups is 1. The van der Waals surface area contributed by atoms with E-state index >= 15 is 0 Å². The third-order valence-corrected chi connectivity index (χ3v) is 5.93. The Morgan fingerprint density at radius 3 is 2.26 bits per heavy atom. The topological polar surface area (TPSA) is 109 Å². The van der Waals surface area contributed by atoms with Crippen molar-refractivity contribution in [3.8, 4) is 0 Å². The van der Waals surface area contributed by atoms with Crippen molar-refractivity contribution in [2.24, 2.45) is 5.41 Å². The summed E-state index contributed by atoms with van der Waals surface area (Å²) in [6, 6.07) is 6.50. The van der Waals surface area contributed by atoms with E-state index in [0.29, 0.717) is 48.9 Å². The van der Waals surface area contributed by atoms with E-state index < -0.39 is 0 Å². The number of aliphatic hydroxyl groups excluding tert-OH is 2. The van der Waals surface area contributed by atoms with Gasteiger partial charge in [0.2, 0.25) is 0 Å². The van der Waals surface area contributed by atoms with Crippen molar-refractivity contribution in [3.63, 3.8) is 0 Å². The van der Waals surface area contributed by atoms with Gasteiger partial charge in [-0.1, -0.05) is 32.9 Å². The highest BCUT2D eigenvalue weighted by molar-refractivity contribution is 6.22. The standard InChI is InChI=1S/C24H30N2O5/c1-4-15(14-27)25-18(21-19(28)12-24(2,3)13-20(21)29)10-7-11-26-22(30)16-8-5-6-9-17(16)23(26)31/h5-6,8-9,15,27-28H,4,7,10-14H2,1-3H3/p+1/t15-/m0/s1. The van der Waals surface area contributed by atoms with Crippen LogP contribution >= 0.6 is 0 Å². The first-order chi connectivity index (χ1) is 14.7. The van der Waals surface area contributed by atoms with E-state index in [2.05, 4.69) is 4.99 Å². The van der Waals surface area contributed by atoms with E-state index in [4.69, 9.17) is 0 Å². The van der Waals surface area contributed by atoms with Gasteiger partial charge in [-0.25, -0.2) is 4.99 Å². The van der Waals surface area contributed by atoms with Crippen LogP contribution in [-0.4, -0.2) is 57.6 Å². The van der Waals surface area contributed by atoms with Gasteiger partial charge in [-0.05, 0) is 24.0 Å². The number of allylic oxidation sites excluding steroid dienone is 2. The van der Waals surface area contributed by atoms with Crippen molar-refractivity contribution >= 4 is 23.3 Å². The molecule has 2 amide bonds. The zero-order chi connectivity index (χ0) is 22.8. The van der Waals surface area contributed by atoms with Crippen LogP contribution in [0, 0.1) is 5.41 Å². The molecule has 1 heterocycles. The second-order valence-electron chi connectivity index (χ2n) is 9.08. The molecule has 0 unspecified atom stereocenters. The molecule has 0 radical (unpaired) electrons. The summed E-state index contributed by atoms with van der Waals surface area (Å²) in [7, 11) is 0. The van der Waals surface area contributed by atoms with Gasteiger partial charge in [0.05, 0.1) is 11.1 Å². The largest absolute Gasteiger partial charge is 0.511 e. The number of hydrogen-bond acceptors (Lipinski definition) is 5. The zero-order valence-electron chi connectivity index (χ0n) is 18.4. The molecule has 0 bridgehead atoms. The van der Waals surface area contributed by atoms with Gasteiger partial charge in [0.15, 0.2) is 17.5 Å².